The second kappa shape index (κ2) is 39.7. The molecule has 0 radical (unpaired) electrons. The molecular weight excluding hydrogens is 1340 g/mol. The van der Waals surface area contributed by atoms with Gasteiger partial charge in [0, 0.05) is 99.9 Å². The standard InChI is InChI=1S/C52H77IN12O8S2.2C2HF3O2/c53-36-13-11-12-34(28-36)49(70)58-22-24-72-26-27-73-25-23-59-50(71)35-29-37(60-45(68)18-3-1-9-20-56-43(66)16-7-5-14-41-47-39(32-74-41)62-51(54)64-47)31-38(30-35)61-46(69)19-4-2-10-21-57-44(67)17-8-6-15-42-48-40(33-75-42)63-52(55)65-48;2*3-2(4,5)1(6)7/h11-13,28-31,39-42,47-48H,1-10,14-27,32-33H2,(H,56,66)(H,57,67)(H,58,70)(H,59,71)(H,60,68)(H,61,69)(H3,54,62,64)(H3,55,63,65);2*(H,6,7)/t39-,40-,41-,42-,47-,48-;;/m0../s1. The van der Waals surface area contributed by atoms with Gasteiger partial charge in [0.15, 0.2) is 0 Å². The van der Waals surface area contributed by atoms with Crippen LogP contribution in [-0.4, -0.2) is 170 Å². The van der Waals surface area contributed by atoms with Gasteiger partial charge < -0.3 is 61.2 Å². The zero-order valence-corrected chi connectivity index (χ0v) is 52.7. The Balaban J connectivity index is 0.00000108. The number of hydrogen-bond acceptors (Lipinski definition) is 18. The number of aliphatic carboxylic acids is 2. The molecule has 496 valence electrons. The van der Waals surface area contributed by atoms with Gasteiger partial charge >= 0.3 is 24.3 Å². The summed E-state index contributed by atoms with van der Waals surface area (Å²) in [5.41, 5.74) is 13.4. The number of carbonyl (C=O) groups excluding carboxylic acids is 8. The van der Waals surface area contributed by atoms with Crippen LogP contribution in [0.4, 0.5) is 37.7 Å². The van der Waals surface area contributed by atoms with E-state index in [1.165, 1.54) is 0 Å². The molecule has 0 spiro atoms. The van der Waals surface area contributed by atoms with Crippen molar-refractivity contribution >= 4 is 117 Å². The van der Waals surface area contributed by atoms with E-state index < -0.39 is 30.2 Å². The van der Waals surface area contributed by atoms with Crippen LogP contribution >= 0.6 is 46.1 Å². The molecule has 6 amide bonds. The zero-order chi connectivity index (χ0) is 65.4. The average molecular weight is 1420 g/mol. The Morgan fingerprint density at radius 3 is 1.36 bits per heavy atom. The molecule has 0 bridgehead atoms. The number of benzene rings is 2. The minimum Gasteiger partial charge on any atom is -0.542 e. The Hall–Kier alpha value is -6.33. The number of amides is 6. The molecule has 0 unspecified atom stereocenters. The second-order valence-corrected chi connectivity index (χ2v) is 24.7. The van der Waals surface area contributed by atoms with E-state index in [1.54, 1.807) is 24.3 Å². The molecule has 0 aliphatic carbocycles. The lowest BCUT2D eigenvalue weighted by molar-refractivity contribution is -0.488. The van der Waals surface area contributed by atoms with Gasteiger partial charge in [-0.2, -0.15) is 49.9 Å². The van der Waals surface area contributed by atoms with Crippen molar-refractivity contribution in [3.63, 3.8) is 0 Å². The number of ether oxygens (including phenoxy) is 2. The normalized spacial score (nSPS) is 18.8. The van der Waals surface area contributed by atoms with Crippen molar-refractivity contribution in [2.75, 3.05) is 74.7 Å². The quantitative estimate of drug-likeness (QED) is 0.0227. The number of anilines is 2. The van der Waals surface area contributed by atoms with E-state index in [4.69, 9.17) is 40.7 Å². The lowest BCUT2D eigenvalue weighted by atomic mass is 10.0. The predicted molar refractivity (Wildman–Crippen MR) is 325 cm³/mol. The lowest BCUT2D eigenvalue weighted by Crippen LogP contribution is -2.80. The summed E-state index contributed by atoms with van der Waals surface area (Å²) < 4.78 is 75.3. The van der Waals surface area contributed by atoms with Crippen molar-refractivity contribution < 1.29 is 94.4 Å². The first-order valence-corrected chi connectivity index (χ1v) is 32.3. The fourth-order valence-corrected chi connectivity index (χ4v) is 13.1. The molecule has 89 heavy (non-hydrogen) atoms. The molecule has 0 saturated carbocycles. The van der Waals surface area contributed by atoms with Gasteiger partial charge in [0.05, 0.1) is 26.4 Å². The SMILES string of the molecule is NC1=[NH+][C@H]2CS[C@@H](CCCCC(=O)NCCCCCC(=O)Nc3cc(NC(=O)CCCCCNC(=O)CCCC[C@@H]4SC[C@@H]5[NH+]=C(N)N[C@@H]54)cc(C(=O)NCCOCCOCCNC(=O)c4cccc(I)c4)c3)[C@H]2N1.O=C([O-])C(F)(F)F.O=C([O-])C(F)(F)F. The van der Waals surface area contributed by atoms with Crippen LogP contribution in [0.2, 0.25) is 0 Å². The monoisotopic (exact) mass is 1420 g/mol. The van der Waals surface area contributed by atoms with Gasteiger partial charge in [-0.1, -0.05) is 31.7 Å². The molecule has 14 N–H and O–H groups in total. The van der Waals surface area contributed by atoms with E-state index in [2.05, 4.69) is 75.1 Å². The minimum absolute atomic E-state index is 0.0434. The van der Waals surface area contributed by atoms with Crippen LogP contribution < -0.4 is 74.2 Å². The lowest BCUT2D eigenvalue weighted by Gasteiger charge is -2.14. The highest BCUT2D eigenvalue weighted by Crippen LogP contribution is 2.32. The highest BCUT2D eigenvalue weighted by atomic mass is 127. The number of unbranched alkanes of at least 4 members (excludes halogenated alkanes) is 6. The van der Waals surface area contributed by atoms with E-state index in [1.807, 2.05) is 41.7 Å². The van der Waals surface area contributed by atoms with Crippen LogP contribution in [0.1, 0.15) is 123 Å². The fourth-order valence-electron chi connectivity index (χ4n) is 9.45. The number of guanidine groups is 2. The Morgan fingerprint density at radius 1 is 0.539 bits per heavy atom. The third-order valence-electron chi connectivity index (χ3n) is 13.8. The van der Waals surface area contributed by atoms with Crippen molar-refractivity contribution in [1.82, 2.24) is 31.9 Å². The van der Waals surface area contributed by atoms with Crippen LogP contribution in [0.5, 0.6) is 0 Å². The molecule has 2 aromatic carbocycles. The second-order valence-electron chi connectivity index (χ2n) is 20.9. The highest BCUT2D eigenvalue weighted by molar-refractivity contribution is 14.1. The number of rotatable bonds is 35. The van der Waals surface area contributed by atoms with Crippen molar-refractivity contribution in [3.8, 4) is 0 Å². The van der Waals surface area contributed by atoms with Crippen LogP contribution in [0.15, 0.2) is 42.5 Å². The summed E-state index contributed by atoms with van der Waals surface area (Å²) in [5, 5.41) is 42.7. The van der Waals surface area contributed by atoms with Crippen LogP contribution in [0.3, 0.4) is 0 Å². The Morgan fingerprint density at radius 2 is 0.944 bits per heavy atom. The third kappa shape index (κ3) is 30.4. The first-order chi connectivity index (χ1) is 42.3. The average Bonchev–Trinajstić information content (AvgIpc) is 2.25. The molecule has 2 saturated heterocycles. The van der Waals surface area contributed by atoms with Gasteiger partial charge in [0.2, 0.25) is 23.6 Å². The van der Waals surface area contributed by atoms with Crippen LogP contribution in [-0.2, 0) is 38.2 Å². The van der Waals surface area contributed by atoms with Crippen molar-refractivity contribution in [3.05, 3.63) is 57.2 Å². The molecule has 2 aromatic rings. The van der Waals surface area contributed by atoms with E-state index in [-0.39, 0.29) is 61.1 Å². The Bertz CT molecular complexity index is 2590. The zero-order valence-electron chi connectivity index (χ0n) is 48.9. The van der Waals surface area contributed by atoms with Crippen molar-refractivity contribution in [2.45, 2.75) is 150 Å². The molecule has 24 nitrogen and oxygen atoms in total. The van der Waals surface area contributed by atoms with Gasteiger partial charge in [-0.05, 0) is 110 Å². The first-order valence-electron chi connectivity index (χ1n) is 29.1. The summed E-state index contributed by atoms with van der Waals surface area (Å²) in [6.45, 7) is 2.82. The fraction of sp³-hybridized carbons (Fsp3) is 0.607. The number of carboxylic acid groups (broad SMARTS) is 2. The van der Waals surface area contributed by atoms with Crippen LogP contribution in [0.25, 0.3) is 0 Å². The highest BCUT2D eigenvalue weighted by Gasteiger charge is 2.45. The van der Waals surface area contributed by atoms with Crippen LogP contribution in [0, 0.1) is 3.57 Å². The third-order valence-corrected chi connectivity index (χ3v) is 17.5. The van der Waals surface area contributed by atoms with E-state index >= 15 is 0 Å². The minimum atomic E-state index is -5.19. The van der Waals surface area contributed by atoms with E-state index in [0.29, 0.717) is 129 Å². The maximum Gasteiger partial charge on any atom is 0.430 e. The number of carbonyl (C=O) groups is 8. The number of carboxylic acids is 2. The van der Waals surface area contributed by atoms with E-state index in [0.717, 1.165) is 79.3 Å². The molecule has 2 fully saturated rings. The van der Waals surface area contributed by atoms with E-state index in [9.17, 15) is 55.1 Å². The smallest absolute Gasteiger partial charge is 0.430 e. The molecule has 0 aromatic heterocycles. The Kier molecular flexibility index (Phi) is 33.5. The first kappa shape index (κ1) is 75.1. The molecule has 6 rings (SSSR count). The predicted octanol–water partition coefficient (Wildman–Crippen LogP) is -0.865. The summed E-state index contributed by atoms with van der Waals surface area (Å²) in [6.07, 6.45) is 1.05. The summed E-state index contributed by atoms with van der Waals surface area (Å²) in [4.78, 5) is 101. The molecular formula is C56H79F6IN12O12S2. The maximum atomic E-state index is 13.4. The van der Waals surface area contributed by atoms with Crippen molar-refractivity contribution in [2.24, 2.45) is 11.5 Å². The number of hydrogen-bond donors (Lipinski definition) is 12. The number of nitrogens with one attached hydrogen (secondary N) is 10. The molecule has 4 heterocycles. The van der Waals surface area contributed by atoms with Gasteiger partial charge in [-0.25, -0.2) is 0 Å². The maximum absolute atomic E-state index is 13.4. The molecule has 33 heteroatoms. The number of thioether (sulfide) groups is 2. The number of halogens is 7. The van der Waals surface area contributed by atoms with Crippen molar-refractivity contribution in [1.29, 1.82) is 0 Å². The molecule has 6 atom stereocenters. The van der Waals surface area contributed by atoms with Gasteiger partial charge in [-0.3, -0.25) is 60.9 Å². The van der Waals surface area contributed by atoms with Gasteiger partial charge in [-0.15, -0.1) is 0 Å². The molecule has 4 aliphatic heterocycles. The topological polar surface area (TPSA) is 377 Å². The number of alkyl halides is 6. The summed E-state index contributed by atoms with van der Waals surface area (Å²) >= 11 is 6.08. The number of nitrogens with two attached hydrogens (primary N) is 2. The largest absolute Gasteiger partial charge is 0.542 e. The van der Waals surface area contributed by atoms with Gasteiger partial charge in [0.1, 0.15) is 36.1 Å². The molecule has 4 aliphatic rings. The summed E-state index contributed by atoms with van der Waals surface area (Å²) in [6, 6.07) is 13.6. The summed E-state index contributed by atoms with van der Waals surface area (Å²) in [7, 11) is 0. The number of fused-ring (bicyclic) bond motifs is 2. The van der Waals surface area contributed by atoms with Gasteiger partial charge in [0.25, 0.3) is 11.8 Å². The Labute approximate surface area is 533 Å². The summed E-state index contributed by atoms with van der Waals surface area (Å²) in [5.74, 6) is -3.56.